The minimum Gasteiger partial charge on any atom is -0.332 e. The molecule has 0 fully saturated rings. The number of benzene rings is 2. The third kappa shape index (κ3) is 4.67. The van der Waals surface area contributed by atoms with Crippen LogP contribution in [-0.4, -0.2) is 11.0 Å². The average molecular weight is 456 g/mol. The summed E-state index contributed by atoms with van der Waals surface area (Å²) in [5, 5.41) is 11.1. The maximum Gasteiger partial charge on any atom is 0.258 e. The molecule has 0 saturated carbocycles. The number of halogens is 1. The number of hydrogen-bond donors (Lipinski definition) is 3. The van der Waals surface area contributed by atoms with Crippen molar-refractivity contribution in [2.45, 2.75) is 26.2 Å². The van der Waals surface area contributed by atoms with Crippen LogP contribution in [0.2, 0.25) is 5.02 Å². The fraction of sp³-hybridized carbons (Fsp3) is 0.217. The third-order valence-electron chi connectivity index (χ3n) is 5.12. The van der Waals surface area contributed by atoms with E-state index < -0.39 is 0 Å². The Morgan fingerprint density at radius 1 is 1.07 bits per heavy atom. The van der Waals surface area contributed by atoms with Crippen LogP contribution < -0.4 is 16.0 Å². The average Bonchev–Trinajstić information content (AvgIpc) is 3.07. The van der Waals surface area contributed by atoms with Gasteiger partial charge in [0.2, 0.25) is 0 Å². The fourth-order valence-corrected chi connectivity index (χ4v) is 5.49. The molecule has 3 N–H and O–H groups in total. The molecular formula is C23H22ClN3OS2. The van der Waals surface area contributed by atoms with Crippen LogP contribution >= 0.6 is 35.2 Å². The summed E-state index contributed by atoms with van der Waals surface area (Å²) < 4.78 is 0. The van der Waals surface area contributed by atoms with E-state index in [4.69, 9.17) is 23.8 Å². The summed E-state index contributed by atoms with van der Waals surface area (Å²) in [6, 6.07) is 17.0. The number of fused-ring (bicyclic) bond motifs is 1. The Hall–Kier alpha value is -2.41. The summed E-state index contributed by atoms with van der Waals surface area (Å²) in [4.78, 5) is 14.5. The van der Waals surface area contributed by atoms with E-state index in [0.717, 1.165) is 35.5 Å². The largest absolute Gasteiger partial charge is 0.332 e. The van der Waals surface area contributed by atoms with Crippen molar-refractivity contribution in [1.29, 1.82) is 0 Å². The maximum atomic E-state index is 13.3. The molecule has 1 amide bonds. The first-order valence-electron chi connectivity index (χ1n) is 9.84. The molecule has 0 unspecified atom stereocenters. The second-order valence-electron chi connectivity index (χ2n) is 7.44. The molecule has 4 rings (SSSR count). The number of thiocarbonyl (C=S) groups is 1. The van der Waals surface area contributed by atoms with E-state index in [0.29, 0.717) is 27.3 Å². The van der Waals surface area contributed by atoms with Crippen molar-refractivity contribution in [3.05, 3.63) is 75.6 Å². The molecule has 30 heavy (non-hydrogen) atoms. The third-order valence-corrected chi connectivity index (χ3v) is 6.82. The highest BCUT2D eigenvalue weighted by atomic mass is 35.5. The zero-order valence-corrected chi connectivity index (χ0v) is 18.9. The van der Waals surface area contributed by atoms with E-state index in [1.807, 2.05) is 42.5 Å². The Morgan fingerprint density at radius 3 is 2.57 bits per heavy atom. The van der Waals surface area contributed by atoms with Gasteiger partial charge in [-0.2, -0.15) is 0 Å². The predicted molar refractivity (Wildman–Crippen MR) is 131 cm³/mol. The van der Waals surface area contributed by atoms with Gasteiger partial charge in [-0.25, -0.2) is 0 Å². The highest BCUT2D eigenvalue weighted by Crippen LogP contribution is 2.40. The zero-order valence-electron chi connectivity index (χ0n) is 16.5. The highest BCUT2D eigenvalue weighted by molar-refractivity contribution is 7.80. The van der Waals surface area contributed by atoms with E-state index in [1.54, 1.807) is 23.5 Å². The first-order chi connectivity index (χ1) is 14.5. The van der Waals surface area contributed by atoms with Crippen molar-refractivity contribution in [2.75, 3.05) is 16.0 Å². The molecular weight excluding hydrogens is 434 g/mol. The Morgan fingerprint density at radius 2 is 1.80 bits per heavy atom. The highest BCUT2D eigenvalue weighted by Gasteiger charge is 2.28. The normalized spacial score (nSPS) is 15.2. The molecule has 4 nitrogen and oxygen atoms in total. The number of carbonyl (C=O) groups is 1. The van der Waals surface area contributed by atoms with Gasteiger partial charge in [-0.3, -0.25) is 4.79 Å². The molecule has 154 valence electrons. The molecule has 2 aromatic carbocycles. The molecule has 1 aliphatic rings. The zero-order chi connectivity index (χ0) is 21.1. The number of nitrogens with one attached hydrogen (secondary N) is 3. The van der Waals surface area contributed by atoms with E-state index in [2.05, 4.69) is 22.9 Å². The summed E-state index contributed by atoms with van der Waals surface area (Å²) >= 11 is 13.4. The van der Waals surface area contributed by atoms with Gasteiger partial charge >= 0.3 is 0 Å². The lowest BCUT2D eigenvalue weighted by molar-refractivity contribution is 0.102. The van der Waals surface area contributed by atoms with Crippen molar-refractivity contribution in [1.82, 2.24) is 0 Å². The van der Waals surface area contributed by atoms with Gasteiger partial charge in [-0.05, 0) is 67.2 Å². The van der Waals surface area contributed by atoms with Crippen molar-refractivity contribution in [3.8, 4) is 0 Å². The van der Waals surface area contributed by atoms with E-state index in [9.17, 15) is 4.79 Å². The topological polar surface area (TPSA) is 53.2 Å². The number of anilines is 3. The van der Waals surface area contributed by atoms with Crippen molar-refractivity contribution >= 4 is 62.6 Å². The summed E-state index contributed by atoms with van der Waals surface area (Å²) in [6.45, 7) is 2.25. The minimum atomic E-state index is -0.167. The monoisotopic (exact) mass is 455 g/mol. The smallest absolute Gasteiger partial charge is 0.258 e. The first kappa shape index (κ1) is 20.8. The molecule has 7 heteroatoms. The van der Waals surface area contributed by atoms with Gasteiger partial charge < -0.3 is 16.0 Å². The number of rotatable bonds is 4. The van der Waals surface area contributed by atoms with Gasteiger partial charge in [0.15, 0.2) is 5.11 Å². The second kappa shape index (κ2) is 9.16. The lowest BCUT2D eigenvalue weighted by Crippen LogP contribution is -2.22. The molecule has 1 aliphatic carbocycles. The van der Waals surface area contributed by atoms with Crippen LogP contribution in [0.3, 0.4) is 0 Å². The fourth-order valence-electron chi connectivity index (χ4n) is 3.61. The lowest BCUT2D eigenvalue weighted by Gasteiger charge is -2.19. The lowest BCUT2D eigenvalue weighted by atomic mass is 9.88. The quantitative estimate of drug-likeness (QED) is 0.388. The molecule has 3 aromatic rings. The summed E-state index contributed by atoms with van der Waals surface area (Å²) in [6.07, 6.45) is 2.94. The maximum absolute atomic E-state index is 13.3. The first-order valence-corrected chi connectivity index (χ1v) is 11.4. The Labute approximate surface area is 190 Å². The predicted octanol–water partition coefficient (Wildman–Crippen LogP) is 6.59. The van der Waals surface area contributed by atoms with Gasteiger partial charge in [0.05, 0.1) is 16.3 Å². The summed E-state index contributed by atoms with van der Waals surface area (Å²) in [7, 11) is 0. The van der Waals surface area contributed by atoms with Crippen LogP contribution in [0, 0.1) is 5.92 Å². The van der Waals surface area contributed by atoms with Crippen LogP contribution in [0.5, 0.6) is 0 Å². The molecule has 0 spiro atoms. The van der Waals surface area contributed by atoms with Crippen molar-refractivity contribution < 1.29 is 4.79 Å². The number of hydrogen-bond acceptors (Lipinski definition) is 3. The van der Waals surface area contributed by atoms with Crippen LogP contribution in [-0.2, 0) is 12.8 Å². The SMILES string of the molecule is C[C@H]1CCc2c(sc(NC(=S)Nc3ccccc3)c2C(=O)Nc2ccccc2Cl)C1. The van der Waals surface area contributed by atoms with Gasteiger partial charge in [-0.1, -0.05) is 48.9 Å². The van der Waals surface area contributed by atoms with E-state index in [-0.39, 0.29) is 5.91 Å². The van der Waals surface area contributed by atoms with Crippen LogP contribution in [0.1, 0.15) is 34.1 Å². The molecule has 0 saturated heterocycles. The molecule has 1 atom stereocenters. The molecule has 1 heterocycles. The number of thiophene rings is 1. The van der Waals surface area contributed by atoms with Crippen LogP contribution in [0.25, 0.3) is 0 Å². The van der Waals surface area contributed by atoms with Gasteiger partial charge in [0.25, 0.3) is 5.91 Å². The van der Waals surface area contributed by atoms with Gasteiger partial charge in [-0.15, -0.1) is 11.3 Å². The van der Waals surface area contributed by atoms with Crippen LogP contribution in [0.15, 0.2) is 54.6 Å². The molecule has 1 aromatic heterocycles. The Kier molecular flexibility index (Phi) is 6.37. The molecule has 0 radical (unpaired) electrons. The van der Waals surface area contributed by atoms with Crippen molar-refractivity contribution in [2.24, 2.45) is 5.92 Å². The van der Waals surface area contributed by atoms with E-state index >= 15 is 0 Å². The van der Waals surface area contributed by atoms with E-state index in [1.165, 1.54) is 4.88 Å². The molecule has 0 bridgehead atoms. The van der Waals surface area contributed by atoms with Crippen molar-refractivity contribution in [3.63, 3.8) is 0 Å². The standard InChI is InChI=1S/C23H22ClN3OS2/c1-14-11-12-16-19(13-14)30-22(27-23(29)25-15-7-3-2-4-8-15)20(16)21(28)26-18-10-6-5-9-17(18)24/h2-10,14H,11-13H2,1H3,(H,26,28)(H2,25,27,29)/t14-/m0/s1. The van der Waals surface area contributed by atoms with Gasteiger partial charge in [0, 0.05) is 10.6 Å². The number of carbonyl (C=O) groups excluding carboxylic acids is 1. The number of para-hydroxylation sites is 2. The minimum absolute atomic E-state index is 0.167. The second-order valence-corrected chi connectivity index (χ2v) is 9.36. The Bertz CT molecular complexity index is 1080. The van der Waals surface area contributed by atoms with Crippen LogP contribution in [0.4, 0.5) is 16.4 Å². The number of amides is 1. The molecule has 0 aliphatic heterocycles. The van der Waals surface area contributed by atoms with Gasteiger partial charge in [0.1, 0.15) is 5.00 Å². The Balaban J connectivity index is 1.62. The summed E-state index contributed by atoms with van der Waals surface area (Å²) in [5.74, 6) is 0.443. The summed E-state index contributed by atoms with van der Waals surface area (Å²) in [5.41, 5.74) is 3.28.